The Labute approximate surface area is 225 Å². The molecule has 1 unspecified atom stereocenters. The molecular formula is C28H36FeN4P2-6. The van der Waals surface area contributed by atoms with Crippen LogP contribution in [0.1, 0.15) is 64.3 Å². The molecule has 2 heterocycles. The van der Waals surface area contributed by atoms with E-state index in [1.54, 1.807) is 24.8 Å². The zero-order chi connectivity index (χ0) is 24.8. The third kappa shape index (κ3) is 7.37. The second kappa shape index (κ2) is 12.5. The van der Waals surface area contributed by atoms with Crippen LogP contribution in [-0.2, 0) is 28.4 Å². The summed E-state index contributed by atoms with van der Waals surface area (Å²) >= 11 is 0. The van der Waals surface area contributed by atoms with Gasteiger partial charge in [0.1, 0.15) is 16.8 Å². The molecule has 0 fully saturated rings. The molecule has 2 aromatic heterocycles. The Morgan fingerprint density at radius 2 is 1.14 bits per heavy atom. The van der Waals surface area contributed by atoms with Gasteiger partial charge in [-0.2, -0.15) is 6.07 Å². The Kier molecular flexibility index (Phi) is 10.5. The number of rotatable bonds is 5. The van der Waals surface area contributed by atoms with Gasteiger partial charge in [0.25, 0.3) is 0 Å². The summed E-state index contributed by atoms with van der Waals surface area (Å²) in [4.78, 5) is 18.4. The van der Waals surface area contributed by atoms with Crippen molar-refractivity contribution < 1.29 is 17.1 Å². The summed E-state index contributed by atoms with van der Waals surface area (Å²) in [5.41, 5.74) is 2.50. The van der Waals surface area contributed by atoms with E-state index in [9.17, 15) is 0 Å². The maximum Gasteiger partial charge on any atom is 0.147 e. The van der Waals surface area contributed by atoms with Gasteiger partial charge in [0.2, 0.25) is 0 Å². The van der Waals surface area contributed by atoms with Crippen LogP contribution in [0.3, 0.4) is 0 Å². The number of aromatic nitrogens is 4. The van der Waals surface area contributed by atoms with Crippen molar-refractivity contribution in [2.24, 2.45) is 0 Å². The number of hydrogen-bond acceptors (Lipinski definition) is 4. The molecule has 0 aliphatic heterocycles. The molecule has 2 aromatic carbocycles. The van der Waals surface area contributed by atoms with Gasteiger partial charge in [-0.3, -0.25) is 0 Å². The van der Waals surface area contributed by atoms with Gasteiger partial charge in [0.15, 0.2) is 0 Å². The van der Waals surface area contributed by atoms with E-state index in [4.69, 9.17) is 0 Å². The average Bonchev–Trinajstić information content (AvgIpc) is 3.52. The van der Waals surface area contributed by atoms with Crippen LogP contribution in [0.15, 0.2) is 85.5 Å². The van der Waals surface area contributed by atoms with Gasteiger partial charge < -0.3 is 30.3 Å². The van der Waals surface area contributed by atoms with Gasteiger partial charge >= 0.3 is 0 Å². The van der Waals surface area contributed by atoms with Crippen molar-refractivity contribution in [3.8, 4) is 0 Å². The molecule has 4 aromatic rings. The van der Waals surface area contributed by atoms with Crippen LogP contribution in [0.25, 0.3) is 0 Å². The molecule has 0 amide bonds. The Morgan fingerprint density at radius 1 is 0.743 bits per heavy atom. The maximum absolute atomic E-state index is 4.59. The maximum atomic E-state index is 4.59. The molecule has 1 atom stereocenters. The SMILES string of the molecule is CC(C)(C)P(C[c-]1cccc1C(P)(c1ncccn1)c1ncccn1)C(C)(C)C.[Fe].[cH-]1[cH-][cH-][cH-][cH-]1. The summed E-state index contributed by atoms with van der Waals surface area (Å²) in [5.74, 6) is 1.39. The molecule has 35 heavy (non-hydrogen) atoms. The van der Waals surface area contributed by atoms with Crippen molar-refractivity contribution in [2.45, 2.75) is 63.2 Å². The van der Waals surface area contributed by atoms with E-state index < -0.39 is 5.16 Å². The second-order valence-corrected chi connectivity index (χ2v) is 15.0. The van der Waals surface area contributed by atoms with Crippen molar-refractivity contribution in [1.82, 2.24) is 19.9 Å². The molecule has 0 spiro atoms. The molecule has 0 radical (unpaired) electrons. The quantitative estimate of drug-likeness (QED) is 0.152. The van der Waals surface area contributed by atoms with Gasteiger partial charge in [-0.25, -0.2) is 32.1 Å². The summed E-state index contributed by atoms with van der Waals surface area (Å²) in [5, 5.41) is -0.186. The van der Waals surface area contributed by atoms with Gasteiger partial charge in [-0.05, 0) is 22.4 Å². The second-order valence-electron chi connectivity index (χ2n) is 10.3. The first-order chi connectivity index (χ1) is 16.0. The fourth-order valence-electron chi connectivity index (χ4n) is 4.30. The number of hydrogen-bond donors (Lipinski definition) is 0. The molecule has 4 rings (SSSR count). The Hall–Kier alpha value is -1.76. The molecule has 7 heteroatoms. The molecule has 0 aliphatic carbocycles. The summed E-state index contributed by atoms with van der Waals surface area (Å²) in [6.07, 6.45) is 8.17. The Balaban J connectivity index is 0.000000640. The van der Waals surface area contributed by atoms with Crippen LogP contribution in [0, 0.1) is 0 Å². The van der Waals surface area contributed by atoms with E-state index in [2.05, 4.69) is 88.9 Å². The smallest absolute Gasteiger partial charge is 0.147 e. The van der Waals surface area contributed by atoms with Crippen molar-refractivity contribution in [1.29, 1.82) is 0 Å². The predicted molar refractivity (Wildman–Crippen MR) is 148 cm³/mol. The molecule has 0 aliphatic rings. The van der Waals surface area contributed by atoms with Gasteiger partial charge in [0, 0.05) is 41.9 Å². The minimum absolute atomic E-state index is 0. The third-order valence-electron chi connectivity index (χ3n) is 5.67. The first kappa shape index (κ1) is 29.5. The standard InChI is InChI=1S/C23H31N4P2.C5H5.Fe/c1-21(2,3)29(22(4,5)6)16-17-10-7-11-18(17)23(28,19-24-12-8-13-25-19)20-26-14-9-15-27-20;1-2-4-5-3-1;/h7-15H,16,28H2,1-6H3;1-5H;/q-1;-5;. The normalized spacial score (nSPS) is 12.0. The van der Waals surface area contributed by atoms with Crippen molar-refractivity contribution >= 4 is 17.2 Å². The first-order valence-corrected chi connectivity index (χ1v) is 13.7. The van der Waals surface area contributed by atoms with Crippen LogP contribution in [0.4, 0.5) is 0 Å². The van der Waals surface area contributed by atoms with E-state index in [-0.39, 0.29) is 35.3 Å². The molecule has 0 saturated heterocycles. The molecule has 0 bridgehead atoms. The Morgan fingerprint density at radius 3 is 1.51 bits per heavy atom. The van der Waals surface area contributed by atoms with Gasteiger partial charge in [-0.15, -0.1) is 28.3 Å². The predicted octanol–water partition coefficient (Wildman–Crippen LogP) is 7.13. The Bertz CT molecular complexity index is 1040. The average molecular weight is 546 g/mol. The monoisotopic (exact) mass is 546 g/mol. The van der Waals surface area contributed by atoms with Crippen LogP contribution in [0.5, 0.6) is 0 Å². The van der Waals surface area contributed by atoms with Gasteiger partial charge in [0.05, 0.1) is 0 Å². The molecule has 4 nitrogen and oxygen atoms in total. The fourth-order valence-corrected chi connectivity index (χ4v) is 8.46. The minimum Gasteiger partial charge on any atom is -0.748 e. The van der Waals surface area contributed by atoms with Gasteiger partial charge in [-0.1, -0.05) is 47.7 Å². The van der Waals surface area contributed by atoms with Crippen LogP contribution in [-0.4, -0.2) is 30.2 Å². The first-order valence-electron chi connectivity index (χ1n) is 11.6. The van der Waals surface area contributed by atoms with Crippen molar-refractivity contribution in [2.75, 3.05) is 0 Å². The van der Waals surface area contributed by atoms with E-state index in [1.165, 1.54) is 11.1 Å². The molecule has 192 valence electrons. The van der Waals surface area contributed by atoms with Crippen LogP contribution >= 0.6 is 17.2 Å². The molecule has 0 saturated carbocycles. The molecule has 0 N–H and O–H groups in total. The van der Waals surface area contributed by atoms with Crippen LogP contribution in [0.2, 0.25) is 0 Å². The van der Waals surface area contributed by atoms with E-state index in [0.717, 1.165) is 6.16 Å². The minimum atomic E-state index is -0.682. The fraction of sp³-hybridized carbons (Fsp3) is 0.357. The molecular weight excluding hydrogens is 510 g/mol. The third-order valence-corrected chi connectivity index (χ3v) is 10.4. The zero-order valence-corrected chi connectivity index (χ0v) is 24.6. The summed E-state index contributed by atoms with van der Waals surface area (Å²) in [7, 11) is 2.68. The van der Waals surface area contributed by atoms with Crippen molar-refractivity contribution in [3.63, 3.8) is 0 Å². The van der Waals surface area contributed by atoms with E-state index >= 15 is 0 Å². The van der Waals surface area contributed by atoms with Crippen molar-refractivity contribution in [3.05, 3.63) is 108 Å². The topological polar surface area (TPSA) is 51.6 Å². The van der Waals surface area contributed by atoms with E-state index in [1.807, 2.05) is 42.5 Å². The summed E-state index contributed by atoms with van der Waals surface area (Å²) in [6, 6.07) is 20.2. The largest absolute Gasteiger partial charge is 0.748 e. The van der Waals surface area contributed by atoms with Crippen LogP contribution < -0.4 is 0 Å². The number of nitrogens with zero attached hydrogens (tertiary/aromatic N) is 4. The zero-order valence-electron chi connectivity index (χ0n) is 21.5. The summed E-state index contributed by atoms with van der Waals surface area (Å²) in [6.45, 7) is 14.2. The van der Waals surface area contributed by atoms with E-state index in [0.29, 0.717) is 11.6 Å². The summed E-state index contributed by atoms with van der Waals surface area (Å²) < 4.78 is 0.